The van der Waals surface area contributed by atoms with Gasteiger partial charge in [-0.3, -0.25) is 0 Å². The fourth-order valence-corrected chi connectivity index (χ4v) is 1.45. The zero-order valence-electron chi connectivity index (χ0n) is 8.55. The summed E-state index contributed by atoms with van der Waals surface area (Å²) in [6, 6.07) is 5.85. The van der Waals surface area contributed by atoms with E-state index in [4.69, 9.17) is 21.1 Å². The largest absolute Gasteiger partial charge is 0.497 e. The van der Waals surface area contributed by atoms with Crippen LogP contribution in [0.2, 0.25) is 0 Å². The zero-order valence-corrected chi connectivity index (χ0v) is 9.30. The van der Waals surface area contributed by atoms with E-state index in [1.807, 2.05) is 18.2 Å². The number of ether oxygens (including phenoxy) is 2. The van der Waals surface area contributed by atoms with Crippen LogP contribution in [0.5, 0.6) is 11.5 Å². The molecule has 0 aromatic heterocycles. The Balaban J connectivity index is 2.82. The maximum atomic E-state index is 5.64. The fraction of sp³-hybridized carbons (Fsp3) is 0.455. The maximum absolute atomic E-state index is 5.64. The highest BCUT2D eigenvalue weighted by molar-refractivity contribution is 6.17. The molecule has 0 amide bonds. The van der Waals surface area contributed by atoms with Gasteiger partial charge in [0.1, 0.15) is 11.5 Å². The van der Waals surface area contributed by atoms with Crippen molar-refractivity contribution in [2.24, 2.45) is 0 Å². The molecule has 0 aliphatic rings. The predicted molar refractivity (Wildman–Crippen MR) is 58.6 cm³/mol. The number of methoxy groups -OCH3 is 2. The Morgan fingerprint density at radius 1 is 1.21 bits per heavy atom. The monoisotopic (exact) mass is 214 g/mol. The van der Waals surface area contributed by atoms with Gasteiger partial charge in [-0.15, -0.1) is 11.6 Å². The van der Waals surface area contributed by atoms with Gasteiger partial charge >= 0.3 is 0 Å². The molecule has 1 aromatic rings. The molecular formula is C11H15ClO2. The molecule has 0 saturated carbocycles. The summed E-state index contributed by atoms with van der Waals surface area (Å²) in [4.78, 5) is 0. The average Bonchev–Trinajstić information content (AvgIpc) is 2.26. The van der Waals surface area contributed by atoms with E-state index < -0.39 is 0 Å². The van der Waals surface area contributed by atoms with Gasteiger partial charge in [0.2, 0.25) is 0 Å². The Hall–Kier alpha value is -0.890. The minimum atomic E-state index is 0.676. The van der Waals surface area contributed by atoms with Crippen molar-refractivity contribution in [2.45, 2.75) is 12.8 Å². The van der Waals surface area contributed by atoms with Crippen molar-refractivity contribution in [2.75, 3.05) is 20.1 Å². The van der Waals surface area contributed by atoms with Gasteiger partial charge in [-0.2, -0.15) is 0 Å². The quantitative estimate of drug-likeness (QED) is 0.702. The van der Waals surface area contributed by atoms with Crippen LogP contribution in [0.3, 0.4) is 0 Å². The molecule has 0 heterocycles. The molecule has 0 aliphatic heterocycles. The van der Waals surface area contributed by atoms with Crippen molar-refractivity contribution in [1.82, 2.24) is 0 Å². The van der Waals surface area contributed by atoms with Gasteiger partial charge in [-0.1, -0.05) is 6.07 Å². The predicted octanol–water partition coefficient (Wildman–Crippen LogP) is 2.88. The van der Waals surface area contributed by atoms with Gasteiger partial charge in [0, 0.05) is 11.9 Å². The Morgan fingerprint density at radius 3 is 2.57 bits per heavy atom. The van der Waals surface area contributed by atoms with Crippen LogP contribution in [0.25, 0.3) is 0 Å². The first-order chi connectivity index (χ1) is 6.81. The number of benzene rings is 1. The summed E-state index contributed by atoms with van der Waals surface area (Å²) >= 11 is 5.64. The smallest absolute Gasteiger partial charge is 0.125 e. The molecular weight excluding hydrogens is 200 g/mol. The van der Waals surface area contributed by atoms with E-state index in [0.717, 1.165) is 24.3 Å². The average molecular weight is 215 g/mol. The lowest BCUT2D eigenvalue weighted by atomic mass is 10.1. The Bertz CT molecular complexity index is 287. The van der Waals surface area contributed by atoms with E-state index in [9.17, 15) is 0 Å². The second-order valence-electron chi connectivity index (χ2n) is 2.97. The molecule has 2 nitrogen and oxygen atoms in total. The summed E-state index contributed by atoms with van der Waals surface area (Å²) in [7, 11) is 3.31. The van der Waals surface area contributed by atoms with Gasteiger partial charge in [-0.25, -0.2) is 0 Å². The SMILES string of the molecule is COc1ccc(CCCCl)c(OC)c1. The molecule has 14 heavy (non-hydrogen) atoms. The van der Waals surface area contributed by atoms with Gasteiger partial charge < -0.3 is 9.47 Å². The molecule has 78 valence electrons. The summed E-state index contributed by atoms with van der Waals surface area (Å²) < 4.78 is 10.4. The third kappa shape index (κ3) is 2.81. The normalized spacial score (nSPS) is 9.93. The highest BCUT2D eigenvalue weighted by atomic mass is 35.5. The van der Waals surface area contributed by atoms with Crippen LogP contribution >= 0.6 is 11.6 Å². The van der Waals surface area contributed by atoms with Crippen molar-refractivity contribution in [3.63, 3.8) is 0 Å². The van der Waals surface area contributed by atoms with E-state index in [-0.39, 0.29) is 0 Å². The van der Waals surface area contributed by atoms with Crippen molar-refractivity contribution < 1.29 is 9.47 Å². The van der Waals surface area contributed by atoms with Crippen molar-refractivity contribution >= 4 is 11.6 Å². The maximum Gasteiger partial charge on any atom is 0.125 e. The van der Waals surface area contributed by atoms with E-state index in [2.05, 4.69) is 0 Å². The fourth-order valence-electron chi connectivity index (χ4n) is 1.32. The third-order valence-electron chi connectivity index (χ3n) is 2.07. The number of hydrogen-bond donors (Lipinski definition) is 0. The first-order valence-electron chi connectivity index (χ1n) is 4.58. The van der Waals surface area contributed by atoms with Crippen LogP contribution in [0.15, 0.2) is 18.2 Å². The molecule has 0 radical (unpaired) electrons. The summed E-state index contributed by atoms with van der Waals surface area (Å²) in [5.74, 6) is 2.36. The Morgan fingerprint density at radius 2 is 2.00 bits per heavy atom. The van der Waals surface area contributed by atoms with Crippen LogP contribution < -0.4 is 9.47 Å². The van der Waals surface area contributed by atoms with Gasteiger partial charge in [0.05, 0.1) is 14.2 Å². The number of aryl methyl sites for hydroxylation is 1. The first-order valence-corrected chi connectivity index (χ1v) is 5.12. The van der Waals surface area contributed by atoms with Crippen LogP contribution in [0.4, 0.5) is 0 Å². The molecule has 0 N–H and O–H groups in total. The van der Waals surface area contributed by atoms with Gasteiger partial charge in [0.15, 0.2) is 0 Å². The van der Waals surface area contributed by atoms with Crippen molar-refractivity contribution in [3.8, 4) is 11.5 Å². The van der Waals surface area contributed by atoms with E-state index >= 15 is 0 Å². The Labute approximate surface area is 89.8 Å². The van der Waals surface area contributed by atoms with Crippen LogP contribution in [0, 0.1) is 0 Å². The summed E-state index contributed by atoms with van der Waals surface area (Å²) in [5, 5.41) is 0. The summed E-state index contributed by atoms with van der Waals surface area (Å²) in [6.45, 7) is 0. The summed E-state index contributed by atoms with van der Waals surface area (Å²) in [5.41, 5.74) is 1.17. The lowest BCUT2D eigenvalue weighted by molar-refractivity contribution is 0.391. The molecule has 0 unspecified atom stereocenters. The van der Waals surface area contributed by atoms with E-state index in [1.54, 1.807) is 14.2 Å². The molecule has 0 bridgehead atoms. The molecule has 3 heteroatoms. The first kappa shape index (κ1) is 11.2. The highest BCUT2D eigenvalue weighted by Crippen LogP contribution is 2.25. The van der Waals surface area contributed by atoms with Gasteiger partial charge in [-0.05, 0) is 24.5 Å². The van der Waals surface area contributed by atoms with E-state index in [0.29, 0.717) is 5.88 Å². The topological polar surface area (TPSA) is 18.5 Å². The lowest BCUT2D eigenvalue weighted by Crippen LogP contribution is -1.94. The molecule has 0 atom stereocenters. The summed E-state index contributed by atoms with van der Waals surface area (Å²) in [6.07, 6.45) is 1.90. The second-order valence-corrected chi connectivity index (χ2v) is 3.35. The third-order valence-corrected chi connectivity index (χ3v) is 2.34. The lowest BCUT2D eigenvalue weighted by Gasteiger charge is -2.09. The van der Waals surface area contributed by atoms with Crippen LogP contribution in [0.1, 0.15) is 12.0 Å². The number of alkyl halides is 1. The van der Waals surface area contributed by atoms with Gasteiger partial charge in [0.25, 0.3) is 0 Å². The molecule has 1 aromatic carbocycles. The second kappa shape index (κ2) is 5.76. The molecule has 0 spiro atoms. The van der Waals surface area contributed by atoms with Crippen LogP contribution in [-0.4, -0.2) is 20.1 Å². The van der Waals surface area contributed by atoms with Crippen LogP contribution in [-0.2, 0) is 6.42 Å². The highest BCUT2D eigenvalue weighted by Gasteiger charge is 2.03. The zero-order chi connectivity index (χ0) is 10.4. The minimum Gasteiger partial charge on any atom is -0.497 e. The van der Waals surface area contributed by atoms with E-state index in [1.165, 1.54) is 5.56 Å². The van der Waals surface area contributed by atoms with Crippen molar-refractivity contribution in [1.29, 1.82) is 0 Å². The number of hydrogen-bond acceptors (Lipinski definition) is 2. The molecule has 1 rings (SSSR count). The van der Waals surface area contributed by atoms with Crippen molar-refractivity contribution in [3.05, 3.63) is 23.8 Å². The molecule has 0 aliphatic carbocycles. The minimum absolute atomic E-state index is 0.676. The number of rotatable bonds is 5. The molecule has 0 saturated heterocycles. The Kier molecular flexibility index (Phi) is 4.60. The number of halogens is 1. The standard InChI is InChI=1S/C11H15ClO2/c1-13-10-6-5-9(4-3-7-12)11(8-10)14-2/h5-6,8H,3-4,7H2,1-2H3. The molecule has 0 fully saturated rings.